The molecule has 0 bridgehead atoms. The van der Waals surface area contributed by atoms with Gasteiger partial charge in [0.1, 0.15) is 11.3 Å². The maximum absolute atomic E-state index is 13.8. The van der Waals surface area contributed by atoms with E-state index in [9.17, 15) is 21.6 Å². The Morgan fingerprint density at radius 2 is 1.18 bits per heavy atom. The van der Waals surface area contributed by atoms with E-state index in [1.54, 1.807) is 11.3 Å². The van der Waals surface area contributed by atoms with Crippen LogP contribution < -0.4 is 9.08 Å². The quantitative estimate of drug-likeness (QED) is 0.0958. The SMILES string of the molecule is O=S(=O)(Oc1cc(N(c2ccccc2)c2cc3ccccc3c3ccccc23)c2oc3ccc(-c4ccc5sc6ccccc6c5c4)cc3c2c1)C(F)(F)F. The second kappa shape index (κ2) is 12.3. The van der Waals surface area contributed by atoms with Crippen molar-refractivity contribution >= 4 is 102 Å². The molecule has 0 aliphatic rings. The van der Waals surface area contributed by atoms with Gasteiger partial charge in [-0.25, -0.2) is 0 Å². The van der Waals surface area contributed by atoms with Crippen molar-refractivity contribution in [3.63, 3.8) is 0 Å². The van der Waals surface area contributed by atoms with E-state index in [1.807, 2.05) is 126 Å². The van der Waals surface area contributed by atoms with E-state index < -0.39 is 21.4 Å². The lowest BCUT2D eigenvalue weighted by Crippen LogP contribution is -2.28. The third kappa shape index (κ3) is 5.47. The van der Waals surface area contributed by atoms with Crippen LogP contribution in [-0.4, -0.2) is 13.9 Å². The van der Waals surface area contributed by atoms with Gasteiger partial charge in [0.05, 0.1) is 11.4 Å². The summed E-state index contributed by atoms with van der Waals surface area (Å²) in [6.07, 6.45) is 0. The zero-order chi connectivity index (χ0) is 37.5. The van der Waals surface area contributed by atoms with Crippen LogP contribution in [-0.2, 0) is 10.1 Å². The topological polar surface area (TPSA) is 59.8 Å². The standard InChI is InChI=1S/C45H26F3NO4S2/c46-45(47,48)55(50,51)53-31-25-38-36-22-27(28-19-21-43-37(23-28)35-16-8-9-17-42(35)54-43)18-20-41(36)52-44(38)40(26-31)49(30-11-2-1-3-12-30)39-24-29-10-4-5-13-32(29)33-14-6-7-15-34(33)39/h1-26H. The van der Waals surface area contributed by atoms with Crippen LogP contribution >= 0.6 is 11.3 Å². The Morgan fingerprint density at radius 3 is 1.96 bits per heavy atom. The highest BCUT2D eigenvalue weighted by Crippen LogP contribution is 2.48. The molecule has 10 heteroatoms. The number of hydrogen-bond acceptors (Lipinski definition) is 6. The van der Waals surface area contributed by atoms with Crippen molar-refractivity contribution in [3.05, 3.63) is 158 Å². The largest absolute Gasteiger partial charge is 0.534 e. The van der Waals surface area contributed by atoms with Crippen molar-refractivity contribution < 1.29 is 30.2 Å². The number of para-hydroxylation sites is 1. The molecule has 55 heavy (non-hydrogen) atoms. The minimum atomic E-state index is -6.02. The van der Waals surface area contributed by atoms with E-state index in [2.05, 4.69) is 24.3 Å². The summed E-state index contributed by atoms with van der Waals surface area (Å²) in [5, 5.41) is 7.02. The van der Waals surface area contributed by atoms with Gasteiger partial charge in [0.15, 0.2) is 5.58 Å². The fraction of sp³-hybridized carbons (Fsp3) is 0.0222. The Balaban J connectivity index is 1.25. The van der Waals surface area contributed by atoms with Crippen molar-refractivity contribution in [1.82, 2.24) is 0 Å². The molecule has 268 valence electrons. The average Bonchev–Trinajstić information content (AvgIpc) is 3.75. The Bertz CT molecular complexity index is 3260. The number of nitrogens with zero attached hydrogens (tertiary/aromatic N) is 1. The maximum Gasteiger partial charge on any atom is 0.534 e. The number of furan rings is 1. The number of anilines is 3. The average molecular weight is 766 g/mol. The molecule has 0 saturated carbocycles. The van der Waals surface area contributed by atoms with Crippen LogP contribution in [0.15, 0.2) is 162 Å². The van der Waals surface area contributed by atoms with Crippen LogP contribution in [0.2, 0.25) is 0 Å². The molecule has 10 rings (SSSR count). The molecule has 0 N–H and O–H groups in total. The molecule has 2 aromatic heterocycles. The summed E-state index contributed by atoms with van der Waals surface area (Å²) in [7, 11) is -6.02. The van der Waals surface area contributed by atoms with Gasteiger partial charge in [0.2, 0.25) is 0 Å². The number of halogens is 3. The highest BCUT2D eigenvalue weighted by Gasteiger charge is 2.48. The number of thiophene rings is 1. The predicted molar refractivity (Wildman–Crippen MR) is 217 cm³/mol. The number of alkyl halides is 3. The normalized spacial score (nSPS) is 12.4. The second-order valence-electron chi connectivity index (χ2n) is 13.3. The number of benzene rings is 8. The van der Waals surface area contributed by atoms with Gasteiger partial charge in [-0.15, -0.1) is 11.3 Å². The third-order valence-electron chi connectivity index (χ3n) is 9.97. The number of fused-ring (bicyclic) bond motifs is 9. The fourth-order valence-corrected chi connectivity index (χ4v) is 9.04. The lowest BCUT2D eigenvalue weighted by Gasteiger charge is -2.28. The summed E-state index contributed by atoms with van der Waals surface area (Å²) in [5.41, 5.74) is -1.39. The molecule has 0 spiro atoms. The lowest BCUT2D eigenvalue weighted by atomic mass is 9.98. The summed E-state index contributed by atoms with van der Waals surface area (Å²) in [4.78, 5) is 1.88. The molecule has 0 radical (unpaired) electrons. The van der Waals surface area contributed by atoms with Gasteiger partial charge in [-0.1, -0.05) is 97.1 Å². The van der Waals surface area contributed by atoms with Crippen LogP contribution in [0.3, 0.4) is 0 Å². The monoisotopic (exact) mass is 765 g/mol. The van der Waals surface area contributed by atoms with Gasteiger partial charge < -0.3 is 13.5 Å². The van der Waals surface area contributed by atoms with Gasteiger partial charge in [0, 0.05) is 48.1 Å². The van der Waals surface area contributed by atoms with Crippen molar-refractivity contribution in [2.24, 2.45) is 0 Å². The van der Waals surface area contributed by atoms with Crippen LogP contribution in [0, 0.1) is 0 Å². The Morgan fingerprint density at radius 1 is 0.545 bits per heavy atom. The zero-order valence-corrected chi connectivity index (χ0v) is 30.2. The summed E-state index contributed by atoms with van der Waals surface area (Å²) >= 11 is 1.72. The molecule has 8 aromatic carbocycles. The third-order valence-corrected chi connectivity index (χ3v) is 12.1. The van der Waals surface area contributed by atoms with Crippen molar-refractivity contribution in [3.8, 4) is 16.9 Å². The first-order valence-corrected chi connectivity index (χ1v) is 19.5. The van der Waals surface area contributed by atoms with Gasteiger partial charge in [-0.2, -0.15) is 21.6 Å². The minimum Gasteiger partial charge on any atom is -0.454 e. The van der Waals surface area contributed by atoms with Gasteiger partial charge in [0.25, 0.3) is 0 Å². The van der Waals surface area contributed by atoms with E-state index >= 15 is 0 Å². The highest BCUT2D eigenvalue weighted by atomic mass is 32.2. The second-order valence-corrected chi connectivity index (χ2v) is 15.9. The first kappa shape index (κ1) is 33.2. The molecule has 0 saturated heterocycles. The van der Waals surface area contributed by atoms with Crippen LogP contribution in [0.25, 0.3) is 74.8 Å². The zero-order valence-electron chi connectivity index (χ0n) is 28.5. The van der Waals surface area contributed by atoms with E-state index in [0.717, 1.165) is 48.1 Å². The molecular weight excluding hydrogens is 740 g/mol. The molecular formula is C45H26F3NO4S2. The van der Waals surface area contributed by atoms with Crippen LogP contribution in [0.1, 0.15) is 0 Å². The summed E-state index contributed by atoms with van der Waals surface area (Å²) in [6.45, 7) is 0. The van der Waals surface area contributed by atoms with Crippen LogP contribution in [0.5, 0.6) is 5.75 Å². The molecule has 0 amide bonds. The van der Waals surface area contributed by atoms with E-state index in [0.29, 0.717) is 39.0 Å². The smallest absolute Gasteiger partial charge is 0.454 e. The van der Waals surface area contributed by atoms with E-state index in [-0.39, 0.29) is 0 Å². The molecule has 2 heterocycles. The Labute approximate surface area is 316 Å². The molecule has 0 fully saturated rings. The minimum absolute atomic E-state index is 0.292. The van der Waals surface area contributed by atoms with E-state index in [4.69, 9.17) is 8.60 Å². The van der Waals surface area contributed by atoms with Crippen molar-refractivity contribution in [2.75, 3.05) is 4.90 Å². The Kier molecular flexibility index (Phi) is 7.45. The van der Waals surface area contributed by atoms with Crippen molar-refractivity contribution in [1.29, 1.82) is 0 Å². The summed E-state index contributed by atoms with van der Waals surface area (Å²) in [6, 6.07) is 50.0. The van der Waals surface area contributed by atoms with E-state index in [1.165, 1.54) is 16.8 Å². The Hall–Kier alpha value is -6.36. The van der Waals surface area contributed by atoms with Gasteiger partial charge >= 0.3 is 15.6 Å². The fourth-order valence-electron chi connectivity index (χ4n) is 7.51. The molecule has 0 aliphatic carbocycles. The molecule has 0 aliphatic heterocycles. The molecule has 0 unspecified atom stereocenters. The predicted octanol–water partition coefficient (Wildman–Crippen LogP) is 13.6. The van der Waals surface area contributed by atoms with Crippen molar-refractivity contribution in [2.45, 2.75) is 5.51 Å². The highest BCUT2D eigenvalue weighted by molar-refractivity contribution is 7.88. The first-order chi connectivity index (χ1) is 26.6. The summed E-state index contributed by atoms with van der Waals surface area (Å²) < 4.78 is 80.4. The maximum atomic E-state index is 13.8. The summed E-state index contributed by atoms with van der Waals surface area (Å²) in [5.74, 6) is -0.509. The number of rotatable bonds is 6. The van der Waals surface area contributed by atoms with Crippen LogP contribution in [0.4, 0.5) is 30.2 Å². The molecule has 10 aromatic rings. The van der Waals surface area contributed by atoms with Gasteiger partial charge in [-0.05, 0) is 81.9 Å². The van der Waals surface area contributed by atoms with Gasteiger partial charge in [-0.3, -0.25) is 0 Å². The molecule has 5 nitrogen and oxygen atoms in total. The lowest BCUT2D eigenvalue weighted by molar-refractivity contribution is -0.0500. The first-order valence-electron chi connectivity index (χ1n) is 17.3. The number of hydrogen-bond donors (Lipinski definition) is 0. The molecule has 0 atom stereocenters.